The van der Waals surface area contributed by atoms with Crippen LogP contribution in [0.25, 0.3) is 0 Å². The van der Waals surface area contributed by atoms with Gasteiger partial charge >= 0.3 is 0 Å². The molecule has 68 valence electrons. The second-order valence-corrected chi connectivity index (χ2v) is 4.08. The molecule has 0 aromatic heterocycles. The largest absolute Gasteiger partial charge is 0.303 e. The lowest BCUT2D eigenvalue weighted by atomic mass is 9.99. The van der Waals surface area contributed by atoms with Crippen molar-refractivity contribution in [3.05, 3.63) is 0 Å². The summed E-state index contributed by atoms with van der Waals surface area (Å²) in [5.74, 6) is 0.324. The van der Waals surface area contributed by atoms with Gasteiger partial charge in [0.2, 0.25) is 0 Å². The topological polar surface area (TPSA) is 27.0 Å². The molecule has 0 aliphatic carbocycles. The van der Waals surface area contributed by atoms with Gasteiger partial charge in [-0.3, -0.25) is 0 Å². The summed E-state index contributed by atoms with van der Waals surface area (Å²) in [7, 11) is 0. The second-order valence-electron chi connectivity index (χ2n) is 3.29. The summed E-state index contributed by atoms with van der Waals surface area (Å²) in [6, 6.07) is 2.34. The predicted octanol–water partition coefficient (Wildman–Crippen LogP) is 2.01. The zero-order chi connectivity index (χ0) is 8.81. The molecule has 1 aliphatic heterocycles. The Labute approximate surface area is 82.7 Å². The quantitative estimate of drug-likeness (QED) is 0.694. The zero-order valence-electron chi connectivity index (χ0n) is 7.30. The Bertz CT molecular complexity index is 156. The maximum atomic E-state index is 8.68. The predicted molar refractivity (Wildman–Crippen MR) is 53.2 cm³/mol. The van der Waals surface area contributed by atoms with E-state index in [0.717, 1.165) is 31.3 Å². The first-order chi connectivity index (χ1) is 5.86. The van der Waals surface area contributed by atoms with Crippen LogP contribution in [0.5, 0.6) is 0 Å². The van der Waals surface area contributed by atoms with Crippen molar-refractivity contribution in [3.63, 3.8) is 0 Å². The molecule has 0 amide bonds. The highest BCUT2D eigenvalue weighted by Gasteiger charge is 2.17. The number of rotatable bonds is 3. The van der Waals surface area contributed by atoms with Crippen LogP contribution in [-0.2, 0) is 0 Å². The first kappa shape index (κ1) is 10.0. The van der Waals surface area contributed by atoms with E-state index in [9.17, 15) is 0 Å². The number of likely N-dealkylation sites (tertiary alicyclic amines) is 1. The number of hydrogen-bond acceptors (Lipinski definition) is 2. The summed E-state index contributed by atoms with van der Waals surface area (Å²) in [5.41, 5.74) is 0. The van der Waals surface area contributed by atoms with Gasteiger partial charge in [0.05, 0.1) is 6.07 Å². The van der Waals surface area contributed by atoms with Crippen molar-refractivity contribution >= 4 is 15.9 Å². The Morgan fingerprint density at radius 2 is 2.08 bits per heavy atom. The van der Waals surface area contributed by atoms with Crippen molar-refractivity contribution in [2.45, 2.75) is 19.3 Å². The van der Waals surface area contributed by atoms with Crippen molar-refractivity contribution in [2.24, 2.45) is 5.92 Å². The number of alkyl halides is 1. The van der Waals surface area contributed by atoms with Crippen LogP contribution in [0.3, 0.4) is 0 Å². The third kappa shape index (κ3) is 3.12. The summed E-state index contributed by atoms with van der Waals surface area (Å²) < 4.78 is 0. The molecule has 2 nitrogen and oxygen atoms in total. The van der Waals surface area contributed by atoms with Gasteiger partial charge in [0, 0.05) is 11.2 Å². The molecule has 0 spiro atoms. The number of hydrogen-bond donors (Lipinski definition) is 0. The van der Waals surface area contributed by atoms with Gasteiger partial charge in [-0.1, -0.05) is 15.9 Å². The van der Waals surface area contributed by atoms with Crippen molar-refractivity contribution in [3.8, 4) is 6.07 Å². The van der Waals surface area contributed by atoms with Crippen LogP contribution in [0.1, 0.15) is 19.3 Å². The molecule has 1 fully saturated rings. The van der Waals surface area contributed by atoms with E-state index in [1.54, 1.807) is 0 Å². The van der Waals surface area contributed by atoms with Crippen molar-refractivity contribution < 1.29 is 0 Å². The van der Waals surface area contributed by atoms with Crippen LogP contribution in [0.2, 0.25) is 0 Å². The molecule has 1 rings (SSSR count). The highest BCUT2D eigenvalue weighted by atomic mass is 79.9. The SMILES string of the molecule is N#CC1CCN(CCCBr)CC1. The van der Waals surface area contributed by atoms with Gasteiger partial charge < -0.3 is 4.90 Å². The molecule has 0 saturated carbocycles. The maximum absolute atomic E-state index is 8.68. The molecule has 0 radical (unpaired) electrons. The molecule has 0 N–H and O–H groups in total. The van der Waals surface area contributed by atoms with Gasteiger partial charge in [0.25, 0.3) is 0 Å². The minimum absolute atomic E-state index is 0.324. The van der Waals surface area contributed by atoms with E-state index in [1.165, 1.54) is 13.0 Å². The summed E-state index contributed by atoms with van der Waals surface area (Å²) in [6.45, 7) is 3.42. The molecule has 0 bridgehead atoms. The van der Waals surface area contributed by atoms with Gasteiger partial charge in [0.15, 0.2) is 0 Å². The number of nitrogens with zero attached hydrogens (tertiary/aromatic N) is 2. The highest BCUT2D eigenvalue weighted by Crippen LogP contribution is 2.15. The molecule has 0 unspecified atom stereocenters. The van der Waals surface area contributed by atoms with Crippen LogP contribution in [-0.4, -0.2) is 29.9 Å². The molecular formula is C9H15BrN2. The third-order valence-electron chi connectivity index (χ3n) is 2.38. The molecule has 1 aliphatic rings. The van der Waals surface area contributed by atoms with E-state index in [4.69, 9.17) is 5.26 Å². The first-order valence-electron chi connectivity index (χ1n) is 4.54. The number of halogens is 1. The fourth-order valence-corrected chi connectivity index (χ4v) is 1.82. The lowest BCUT2D eigenvalue weighted by Crippen LogP contribution is -2.34. The molecule has 1 heterocycles. The van der Waals surface area contributed by atoms with Crippen molar-refractivity contribution in [2.75, 3.05) is 25.0 Å². The van der Waals surface area contributed by atoms with E-state index in [-0.39, 0.29) is 0 Å². The lowest BCUT2D eigenvalue weighted by molar-refractivity contribution is 0.207. The van der Waals surface area contributed by atoms with E-state index >= 15 is 0 Å². The van der Waals surface area contributed by atoms with Gasteiger partial charge in [-0.05, 0) is 38.9 Å². The van der Waals surface area contributed by atoms with Gasteiger partial charge in [-0.2, -0.15) is 5.26 Å². The number of nitriles is 1. The molecular weight excluding hydrogens is 216 g/mol. The smallest absolute Gasteiger partial charge is 0.0656 e. The Morgan fingerprint density at radius 3 is 2.58 bits per heavy atom. The van der Waals surface area contributed by atoms with Crippen molar-refractivity contribution in [1.82, 2.24) is 4.90 Å². The fraction of sp³-hybridized carbons (Fsp3) is 0.889. The minimum Gasteiger partial charge on any atom is -0.303 e. The summed E-state index contributed by atoms with van der Waals surface area (Å²) >= 11 is 3.42. The first-order valence-corrected chi connectivity index (χ1v) is 5.67. The van der Waals surface area contributed by atoms with Gasteiger partial charge in [-0.15, -0.1) is 0 Å². The standard InChI is InChI=1S/C9H15BrN2/c10-4-1-5-12-6-2-9(8-11)3-7-12/h9H,1-7H2. The van der Waals surface area contributed by atoms with Crippen LogP contribution in [0, 0.1) is 17.2 Å². The Kier molecular flexibility index (Phi) is 4.63. The zero-order valence-corrected chi connectivity index (χ0v) is 8.89. The molecule has 0 atom stereocenters. The monoisotopic (exact) mass is 230 g/mol. The van der Waals surface area contributed by atoms with E-state index in [0.29, 0.717) is 5.92 Å². The third-order valence-corrected chi connectivity index (χ3v) is 2.94. The van der Waals surface area contributed by atoms with Crippen LogP contribution in [0.15, 0.2) is 0 Å². The van der Waals surface area contributed by atoms with E-state index in [1.807, 2.05) is 0 Å². The summed E-state index contributed by atoms with van der Waals surface area (Å²) in [5, 5.41) is 9.77. The second kappa shape index (κ2) is 5.55. The Morgan fingerprint density at radius 1 is 1.42 bits per heavy atom. The van der Waals surface area contributed by atoms with Gasteiger partial charge in [0.1, 0.15) is 0 Å². The molecule has 1 saturated heterocycles. The average Bonchev–Trinajstić information content (AvgIpc) is 2.15. The van der Waals surface area contributed by atoms with Crippen LogP contribution in [0.4, 0.5) is 0 Å². The molecule has 0 aromatic rings. The Balaban J connectivity index is 2.14. The molecule has 12 heavy (non-hydrogen) atoms. The summed E-state index contributed by atoms with van der Waals surface area (Å²) in [6.07, 6.45) is 3.36. The van der Waals surface area contributed by atoms with E-state index < -0.39 is 0 Å². The van der Waals surface area contributed by atoms with Gasteiger partial charge in [-0.25, -0.2) is 0 Å². The number of piperidine rings is 1. The average molecular weight is 231 g/mol. The normalized spacial score (nSPS) is 20.7. The minimum atomic E-state index is 0.324. The van der Waals surface area contributed by atoms with E-state index in [2.05, 4.69) is 26.9 Å². The van der Waals surface area contributed by atoms with Crippen molar-refractivity contribution in [1.29, 1.82) is 5.26 Å². The lowest BCUT2D eigenvalue weighted by Gasteiger charge is -2.28. The Hall–Kier alpha value is -0.0700. The van der Waals surface area contributed by atoms with Crippen LogP contribution < -0.4 is 0 Å². The maximum Gasteiger partial charge on any atom is 0.0656 e. The fourth-order valence-electron chi connectivity index (χ4n) is 1.57. The molecule has 0 aromatic carbocycles. The summed E-state index contributed by atoms with van der Waals surface area (Å²) in [4.78, 5) is 2.45. The highest BCUT2D eigenvalue weighted by molar-refractivity contribution is 9.09. The van der Waals surface area contributed by atoms with Crippen LogP contribution >= 0.6 is 15.9 Å². The molecule has 3 heteroatoms.